The molecule has 0 fully saturated rings. The van der Waals surface area contributed by atoms with E-state index in [1.54, 1.807) is 7.11 Å². The quantitative estimate of drug-likeness (QED) is 0.892. The Balaban J connectivity index is 2.56. The third-order valence-corrected chi connectivity index (χ3v) is 3.94. The summed E-state index contributed by atoms with van der Waals surface area (Å²) in [6.45, 7) is 0.210. The molecular weight excluding hydrogens is 270 g/mol. The molecule has 2 rings (SSSR count). The van der Waals surface area contributed by atoms with Gasteiger partial charge in [0.2, 0.25) is 0 Å². The third-order valence-electron chi connectivity index (χ3n) is 3.10. The maximum Gasteiger partial charge on any atom is 0.139 e. The van der Waals surface area contributed by atoms with Gasteiger partial charge in [-0.15, -0.1) is 0 Å². The van der Waals surface area contributed by atoms with Crippen LogP contribution < -0.4 is 10.5 Å². The van der Waals surface area contributed by atoms with Gasteiger partial charge in [0.15, 0.2) is 0 Å². The summed E-state index contributed by atoms with van der Waals surface area (Å²) in [7, 11) is 1.62. The number of hydrogen-bond donors (Lipinski definition) is 2. The van der Waals surface area contributed by atoms with Crippen LogP contribution in [-0.4, -0.2) is 18.8 Å². The molecule has 3 nitrogen and oxygen atoms in total. The lowest BCUT2D eigenvalue weighted by molar-refractivity contribution is 0.182. The van der Waals surface area contributed by atoms with E-state index in [1.165, 1.54) is 17.5 Å². The molecule has 0 amide bonds. The van der Waals surface area contributed by atoms with Crippen molar-refractivity contribution in [3.8, 4) is 5.75 Å². The van der Waals surface area contributed by atoms with Crippen LogP contribution in [0.25, 0.3) is 0 Å². The van der Waals surface area contributed by atoms with E-state index in [4.69, 9.17) is 10.5 Å². The maximum atomic E-state index is 9.87. The van der Waals surface area contributed by atoms with Gasteiger partial charge in [0.1, 0.15) is 5.75 Å². The van der Waals surface area contributed by atoms with E-state index in [0.717, 1.165) is 28.6 Å². The number of aliphatic hydroxyl groups is 1. The number of ether oxygens (including phenoxy) is 1. The smallest absolute Gasteiger partial charge is 0.139 e. The number of aryl methyl sites for hydroxylation is 1. The van der Waals surface area contributed by atoms with Gasteiger partial charge >= 0.3 is 0 Å². The van der Waals surface area contributed by atoms with Crippen molar-refractivity contribution < 1.29 is 9.84 Å². The van der Waals surface area contributed by atoms with Gasteiger partial charge in [-0.25, -0.2) is 0 Å². The molecule has 88 valence electrons. The second-order valence-corrected chi connectivity index (χ2v) is 4.85. The summed E-state index contributed by atoms with van der Waals surface area (Å²) >= 11 is 3.56. The van der Waals surface area contributed by atoms with E-state index in [9.17, 15) is 5.11 Å². The monoisotopic (exact) mass is 285 g/mol. The van der Waals surface area contributed by atoms with Gasteiger partial charge in [-0.3, -0.25) is 0 Å². The number of fused-ring (bicyclic) bond motifs is 1. The number of benzene rings is 1. The molecular formula is C12H16BrNO2. The van der Waals surface area contributed by atoms with E-state index in [1.807, 2.05) is 6.07 Å². The van der Waals surface area contributed by atoms with Gasteiger partial charge in [0, 0.05) is 12.1 Å². The van der Waals surface area contributed by atoms with Crippen molar-refractivity contribution in [3.05, 3.63) is 27.2 Å². The molecule has 0 radical (unpaired) electrons. The fraction of sp³-hybridized carbons (Fsp3) is 0.500. The summed E-state index contributed by atoms with van der Waals surface area (Å²) in [5, 5.41) is 9.87. The van der Waals surface area contributed by atoms with Crippen LogP contribution in [-0.2, 0) is 12.8 Å². The van der Waals surface area contributed by atoms with Crippen LogP contribution in [0.15, 0.2) is 10.5 Å². The molecule has 0 spiro atoms. The van der Waals surface area contributed by atoms with Gasteiger partial charge in [-0.1, -0.05) is 0 Å². The van der Waals surface area contributed by atoms with Gasteiger partial charge in [0.05, 0.1) is 17.7 Å². The Hall–Kier alpha value is -0.580. The maximum absolute atomic E-state index is 9.87. The van der Waals surface area contributed by atoms with Crippen LogP contribution in [0, 0.1) is 0 Å². The Kier molecular flexibility index (Phi) is 3.52. The zero-order valence-corrected chi connectivity index (χ0v) is 10.9. The topological polar surface area (TPSA) is 55.5 Å². The second kappa shape index (κ2) is 4.73. The number of nitrogens with two attached hydrogens (primary N) is 1. The van der Waals surface area contributed by atoms with Gasteiger partial charge < -0.3 is 15.6 Å². The SMILES string of the molecule is COc1c(C(O)CN)cc2c(c1Br)CCC2. The standard InChI is InChI=1S/C12H16BrNO2/c1-16-12-9(10(15)6-14)5-7-3-2-4-8(7)11(12)13/h5,10,15H,2-4,6,14H2,1H3. The largest absolute Gasteiger partial charge is 0.495 e. The Labute approximate surface area is 104 Å². The van der Waals surface area contributed by atoms with E-state index in [0.29, 0.717) is 0 Å². The van der Waals surface area contributed by atoms with Crippen LogP contribution >= 0.6 is 15.9 Å². The summed E-state index contributed by atoms with van der Waals surface area (Å²) in [4.78, 5) is 0. The lowest BCUT2D eigenvalue weighted by Gasteiger charge is -2.17. The van der Waals surface area contributed by atoms with Gasteiger partial charge in [-0.05, 0) is 52.4 Å². The van der Waals surface area contributed by atoms with E-state index in [-0.39, 0.29) is 6.54 Å². The molecule has 16 heavy (non-hydrogen) atoms. The highest BCUT2D eigenvalue weighted by Crippen LogP contribution is 2.41. The average Bonchev–Trinajstić information content (AvgIpc) is 2.76. The summed E-state index contributed by atoms with van der Waals surface area (Å²) in [5.74, 6) is 0.721. The third kappa shape index (κ3) is 1.85. The van der Waals surface area contributed by atoms with Crippen molar-refractivity contribution >= 4 is 15.9 Å². The molecule has 0 saturated carbocycles. The van der Waals surface area contributed by atoms with Crippen LogP contribution in [0.2, 0.25) is 0 Å². The average molecular weight is 286 g/mol. The first-order chi connectivity index (χ1) is 7.69. The predicted molar refractivity (Wildman–Crippen MR) is 66.7 cm³/mol. The molecule has 0 aliphatic heterocycles. The zero-order valence-electron chi connectivity index (χ0n) is 9.29. The summed E-state index contributed by atoms with van der Waals surface area (Å²) < 4.78 is 6.34. The lowest BCUT2D eigenvalue weighted by atomic mass is 10.0. The first-order valence-electron chi connectivity index (χ1n) is 5.45. The minimum atomic E-state index is -0.655. The number of methoxy groups -OCH3 is 1. The highest BCUT2D eigenvalue weighted by atomic mass is 79.9. The summed E-state index contributed by atoms with van der Waals surface area (Å²) in [6, 6.07) is 2.03. The molecule has 1 aromatic carbocycles. The Bertz CT molecular complexity index is 406. The van der Waals surface area contributed by atoms with Crippen molar-refractivity contribution in [1.29, 1.82) is 0 Å². The van der Waals surface area contributed by atoms with E-state index in [2.05, 4.69) is 15.9 Å². The molecule has 0 saturated heterocycles. The molecule has 0 aromatic heterocycles. The minimum absolute atomic E-state index is 0.210. The molecule has 1 aliphatic carbocycles. The fourth-order valence-corrected chi connectivity index (χ4v) is 3.12. The van der Waals surface area contributed by atoms with E-state index < -0.39 is 6.10 Å². The zero-order chi connectivity index (χ0) is 11.7. The fourth-order valence-electron chi connectivity index (χ4n) is 2.28. The van der Waals surface area contributed by atoms with Crippen molar-refractivity contribution in [2.24, 2.45) is 5.73 Å². The lowest BCUT2D eigenvalue weighted by Crippen LogP contribution is -2.13. The molecule has 1 unspecified atom stereocenters. The molecule has 0 bridgehead atoms. The van der Waals surface area contributed by atoms with Crippen LogP contribution in [0.3, 0.4) is 0 Å². The number of hydrogen-bond acceptors (Lipinski definition) is 3. The minimum Gasteiger partial charge on any atom is -0.495 e. The highest BCUT2D eigenvalue weighted by molar-refractivity contribution is 9.10. The molecule has 0 heterocycles. The molecule has 3 N–H and O–H groups in total. The van der Waals surface area contributed by atoms with Crippen molar-refractivity contribution in [3.63, 3.8) is 0 Å². The van der Waals surface area contributed by atoms with Crippen LogP contribution in [0.1, 0.15) is 29.2 Å². The van der Waals surface area contributed by atoms with Crippen LogP contribution in [0.5, 0.6) is 5.75 Å². The Morgan fingerprint density at radius 1 is 1.56 bits per heavy atom. The Morgan fingerprint density at radius 2 is 2.31 bits per heavy atom. The number of halogens is 1. The number of aliphatic hydroxyl groups excluding tert-OH is 1. The van der Waals surface area contributed by atoms with Gasteiger partial charge in [0.25, 0.3) is 0 Å². The molecule has 1 aromatic rings. The molecule has 1 aliphatic rings. The van der Waals surface area contributed by atoms with Crippen LogP contribution in [0.4, 0.5) is 0 Å². The first kappa shape index (κ1) is 11.9. The number of rotatable bonds is 3. The molecule has 4 heteroatoms. The normalized spacial score (nSPS) is 16.0. The summed E-state index contributed by atoms with van der Waals surface area (Å²) in [6.07, 6.45) is 2.66. The van der Waals surface area contributed by atoms with E-state index >= 15 is 0 Å². The predicted octanol–water partition coefficient (Wildman–Crippen LogP) is 1.94. The van der Waals surface area contributed by atoms with Crippen molar-refractivity contribution in [2.45, 2.75) is 25.4 Å². The first-order valence-corrected chi connectivity index (χ1v) is 6.24. The van der Waals surface area contributed by atoms with Crippen molar-refractivity contribution in [1.82, 2.24) is 0 Å². The summed E-state index contributed by atoms with van der Waals surface area (Å²) in [5.41, 5.74) is 8.90. The van der Waals surface area contributed by atoms with Gasteiger partial charge in [-0.2, -0.15) is 0 Å². The van der Waals surface area contributed by atoms with Crippen molar-refractivity contribution in [2.75, 3.05) is 13.7 Å². The second-order valence-electron chi connectivity index (χ2n) is 4.06. The molecule has 1 atom stereocenters. The Morgan fingerprint density at radius 3 is 2.94 bits per heavy atom. The highest BCUT2D eigenvalue weighted by Gasteiger charge is 2.23.